The van der Waals surface area contributed by atoms with Crippen LogP contribution in [0.15, 0.2) is 18.2 Å². The summed E-state index contributed by atoms with van der Waals surface area (Å²) in [5.74, 6) is 0.757. The summed E-state index contributed by atoms with van der Waals surface area (Å²) in [5.41, 5.74) is 8.12. The van der Waals surface area contributed by atoms with Crippen LogP contribution in [0.4, 0.5) is 11.4 Å². The summed E-state index contributed by atoms with van der Waals surface area (Å²) in [7, 11) is 0. The van der Waals surface area contributed by atoms with Crippen LogP contribution >= 0.6 is 0 Å². The maximum atomic E-state index is 9.16. The Morgan fingerprint density at radius 3 is 3.06 bits per heavy atom. The number of nitrogens with zero attached hydrogens (tertiary/aromatic N) is 2. The second kappa shape index (κ2) is 5.09. The van der Waals surface area contributed by atoms with E-state index in [9.17, 15) is 0 Å². The van der Waals surface area contributed by atoms with E-state index in [4.69, 9.17) is 11.0 Å². The SMILES string of the molecule is CCC1CCCN(c2ccc(N)cc2C#N)C1. The summed E-state index contributed by atoms with van der Waals surface area (Å²) in [4.78, 5) is 2.33. The van der Waals surface area contributed by atoms with E-state index in [1.165, 1.54) is 19.3 Å². The molecule has 1 unspecified atom stereocenters. The van der Waals surface area contributed by atoms with Crippen LogP contribution < -0.4 is 10.6 Å². The van der Waals surface area contributed by atoms with Crippen molar-refractivity contribution in [1.29, 1.82) is 5.26 Å². The highest BCUT2D eigenvalue weighted by atomic mass is 15.1. The van der Waals surface area contributed by atoms with Crippen molar-refractivity contribution in [2.45, 2.75) is 26.2 Å². The van der Waals surface area contributed by atoms with Gasteiger partial charge in [-0.3, -0.25) is 0 Å². The number of nitrogen functional groups attached to an aromatic ring is 1. The zero-order chi connectivity index (χ0) is 12.3. The van der Waals surface area contributed by atoms with Crippen LogP contribution in [-0.2, 0) is 0 Å². The Balaban J connectivity index is 2.24. The molecule has 1 aromatic rings. The number of piperidine rings is 1. The minimum atomic E-state index is 0.661. The van der Waals surface area contributed by atoms with Crippen molar-refractivity contribution in [2.75, 3.05) is 23.7 Å². The summed E-state index contributed by atoms with van der Waals surface area (Å²) >= 11 is 0. The van der Waals surface area contributed by atoms with Crippen molar-refractivity contribution >= 4 is 11.4 Å². The minimum Gasteiger partial charge on any atom is -0.399 e. The molecule has 1 saturated heterocycles. The van der Waals surface area contributed by atoms with Gasteiger partial charge in [-0.2, -0.15) is 5.26 Å². The van der Waals surface area contributed by atoms with Crippen molar-refractivity contribution in [3.63, 3.8) is 0 Å². The molecule has 1 heterocycles. The summed E-state index contributed by atoms with van der Waals surface area (Å²) in [6.45, 7) is 4.35. The molecule has 17 heavy (non-hydrogen) atoms. The van der Waals surface area contributed by atoms with E-state index >= 15 is 0 Å². The lowest BCUT2D eigenvalue weighted by atomic mass is 9.95. The van der Waals surface area contributed by atoms with Crippen molar-refractivity contribution < 1.29 is 0 Å². The third-order valence-corrected chi connectivity index (χ3v) is 3.58. The fraction of sp³-hybridized carbons (Fsp3) is 0.500. The van der Waals surface area contributed by atoms with E-state index in [0.717, 1.165) is 24.7 Å². The first-order valence-electron chi connectivity index (χ1n) is 6.29. The van der Waals surface area contributed by atoms with Crippen LogP contribution in [0.2, 0.25) is 0 Å². The van der Waals surface area contributed by atoms with E-state index in [1.54, 1.807) is 6.07 Å². The van der Waals surface area contributed by atoms with Gasteiger partial charge in [0.05, 0.1) is 11.3 Å². The third-order valence-electron chi connectivity index (χ3n) is 3.58. The molecule has 1 aliphatic rings. The molecule has 3 heteroatoms. The molecule has 0 radical (unpaired) electrons. The van der Waals surface area contributed by atoms with Gasteiger partial charge in [0, 0.05) is 18.8 Å². The van der Waals surface area contributed by atoms with Crippen LogP contribution in [0.25, 0.3) is 0 Å². The monoisotopic (exact) mass is 229 g/mol. The molecule has 2 rings (SSSR count). The minimum absolute atomic E-state index is 0.661. The average Bonchev–Trinajstić information content (AvgIpc) is 2.38. The molecular weight excluding hydrogens is 210 g/mol. The highest BCUT2D eigenvalue weighted by Crippen LogP contribution is 2.28. The summed E-state index contributed by atoms with van der Waals surface area (Å²) < 4.78 is 0. The standard InChI is InChI=1S/C14H19N3/c1-2-11-4-3-7-17(10-11)14-6-5-13(16)8-12(14)9-15/h5-6,8,11H,2-4,7,10,16H2,1H3. The molecule has 0 spiro atoms. The van der Waals surface area contributed by atoms with E-state index < -0.39 is 0 Å². The topological polar surface area (TPSA) is 53.0 Å². The van der Waals surface area contributed by atoms with Gasteiger partial charge in [-0.15, -0.1) is 0 Å². The van der Waals surface area contributed by atoms with Gasteiger partial charge in [0.15, 0.2) is 0 Å². The molecule has 0 aromatic heterocycles. The summed E-state index contributed by atoms with van der Waals surface area (Å²) in [6, 6.07) is 7.87. The van der Waals surface area contributed by atoms with Crippen LogP contribution in [0, 0.1) is 17.2 Å². The molecule has 1 aromatic carbocycles. The lowest BCUT2D eigenvalue weighted by Gasteiger charge is -2.34. The van der Waals surface area contributed by atoms with Gasteiger partial charge in [-0.1, -0.05) is 13.3 Å². The van der Waals surface area contributed by atoms with Crippen LogP contribution in [0.1, 0.15) is 31.7 Å². The quantitative estimate of drug-likeness (QED) is 0.793. The highest BCUT2D eigenvalue weighted by Gasteiger charge is 2.20. The number of anilines is 2. The van der Waals surface area contributed by atoms with Gasteiger partial charge in [0.25, 0.3) is 0 Å². The third kappa shape index (κ3) is 2.52. The summed E-state index contributed by atoms with van der Waals surface area (Å²) in [6.07, 6.45) is 3.74. The first kappa shape index (κ1) is 11.8. The molecule has 0 saturated carbocycles. The van der Waals surface area contributed by atoms with Gasteiger partial charge < -0.3 is 10.6 Å². The van der Waals surface area contributed by atoms with Gasteiger partial charge in [-0.05, 0) is 37.0 Å². The van der Waals surface area contributed by atoms with E-state index in [1.807, 2.05) is 12.1 Å². The number of nitrogens with two attached hydrogens (primary N) is 1. The van der Waals surface area contributed by atoms with Gasteiger partial charge in [0.1, 0.15) is 6.07 Å². The molecule has 2 N–H and O–H groups in total. The van der Waals surface area contributed by atoms with Gasteiger partial charge in [0.2, 0.25) is 0 Å². The first-order valence-corrected chi connectivity index (χ1v) is 6.29. The van der Waals surface area contributed by atoms with Crippen molar-refractivity contribution in [3.8, 4) is 6.07 Å². The Morgan fingerprint density at radius 1 is 1.53 bits per heavy atom. The zero-order valence-corrected chi connectivity index (χ0v) is 10.3. The molecule has 3 nitrogen and oxygen atoms in total. The Bertz CT molecular complexity index is 434. The molecule has 90 valence electrons. The second-order valence-corrected chi connectivity index (χ2v) is 4.75. The Labute approximate surface area is 103 Å². The number of rotatable bonds is 2. The maximum absolute atomic E-state index is 9.16. The Kier molecular flexibility index (Phi) is 3.53. The average molecular weight is 229 g/mol. The smallest absolute Gasteiger partial charge is 0.101 e. The zero-order valence-electron chi connectivity index (χ0n) is 10.3. The van der Waals surface area contributed by atoms with Crippen molar-refractivity contribution in [1.82, 2.24) is 0 Å². The van der Waals surface area contributed by atoms with Crippen LogP contribution in [-0.4, -0.2) is 13.1 Å². The lowest BCUT2D eigenvalue weighted by Crippen LogP contribution is -2.35. The van der Waals surface area contributed by atoms with Crippen LogP contribution in [0.3, 0.4) is 0 Å². The number of hydrogen-bond donors (Lipinski definition) is 1. The van der Waals surface area contributed by atoms with E-state index in [0.29, 0.717) is 11.3 Å². The van der Waals surface area contributed by atoms with E-state index in [-0.39, 0.29) is 0 Å². The molecule has 0 aliphatic carbocycles. The van der Waals surface area contributed by atoms with Crippen molar-refractivity contribution in [2.24, 2.45) is 5.92 Å². The van der Waals surface area contributed by atoms with Gasteiger partial charge in [-0.25, -0.2) is 0 Å². The largest absolute Gasteiger partial charge is 0.399 e. The molecule has 0 bridgehead atoms. The Morgan fingerprint density at radius 2 is 2.35 bits per heavy atom. The highest BCUT2D eigenvalue weighted by molar-refractivity contribution is 5.64. The molecular formula is C14H19N3. The fourth-order valence-electron chi connectivity index (χ4n) is 2.54. The molecule has 1 fully saturated rings. The predicted octanol–water partition coefficient (Wildman–Crippen LogP) is 2.77. The number of benzene rings is 1. The Hall–Kier alpha value is -1.69. The van der Waals surface area contributed by atoms with Gasteiger partial charge >= 0.3 is 0 Å². The van der Waals surface area contributed by atoms with Crippen molar-refractivity contribution in [3.05, 3.63) is 23.8 Å². The van der Waals surface area contributed by atoms with Crippen LogP contribution in [0.5, 0.6) is 0 Å². The lowest BCUT2D eigenvalue weighted by molar-refractivity contribution is 0.404. The fourth-order valence-corrected chi connectivity index (χ4v) is 2.54. The second-order valence-electron chi connectivity index (χ2n) is 4.75. The number of nitriles is 1. The summed E-state index contributed by atoms with van der Waals surface area (Å²) in [5, 5.41) is 9.16. The predicted molar refractivity (Wildman–Crippen MR) is 70.8 cm³/mol. The molecule has 1 atom stereocenters. The van der Waals surface area contributed by atoms with E-state index in [2.05, 4.69) is 17.9 Å². The molecule has 0 amide bonds. The maximum Gasteiger partial charge on any atom is 0.101 e. The first-order chi connectivity index (χ1) is 8.24. The number of hydrogen-bond acceptors (Lipinski definition) is 3. The normalized spacial score (nSPS) is 20.0. The molecule has 1 aliphatic heterocycles.